The monoisotopic (exact) mass is 483 g/mol. The van der Waals surface area contributed by atoms with Crippen LogP contribution in [0.2, 0.25) is 0 Å². The zero-order chi connectivity index (χ0) is 18.7. The van der Waals surface area contributed by atoms with Gasteiger partial charge in [0.15, 0.2) is 0 Å². The highest BCUT2D eigenvalue weighted by atomic mass is 79.9. The van der Waals surface area contributed by atoms with E-state index in [2.05, 4.69) is 77.0 Å². The number of benzene rings is 1. The van der Waals surface area contributed by atoms with Crippen LogP contribution < -0.4 is 10.1 Å². The van der Waals surface area contributed by atoms with Gasteiger partial charge < -0.3 is 10.1 Å². The maximum Gasteiger partial charge on any atom is 0.138 e. The molecule has 4 aliphatic rings. The minimum Gasteiger partial charge on any atom is -0.489 e. The second kappa shape index (κ2) is 6.49. The molecule has 2 unspecified atom stereocenters. The van der Waals surface area contributed by atoms with Crippen LogP contribution in [0.4, 0.5) is 0 Å². The molecule has 26 heavy (non-hydrogen) atoms. The van der Waals surface area contributed by atoms with Gasteiger partial charge in [0, 0.05) is 22.1 Å². The molecule has 0 amide bonds. The van der Waals surface area contributed by atoms with Crippen molar-refractivity contribution in [3.05, 3.63) is 26.6 Å². The fraction of sp³-hybridized carbons (Fsp3) is 0.727. The van der Waals surface area contributed by atoms with Gasteiger partial charge in [-0.25, -0.2) is 0 Å². The van der Waals surface area contributed by atoms with Crippen LogP contribution >= 0.6 is 31.9 Å². The zero-order valence-electron chi connectivity index (χ0n) is 16.4. The summed E-state index contributed by atoms with van der Waals surface area (Å²) in [6, 6.07) is 4.29. The summed E-state index contributed by atoms with van der Waals surface area (Å²) in [4.78, 5) is 0. The van der Waals surface area contributed by atoms with E-state index in [9.17, 15) is 0 Å². The van der Waals surface area contributed by atoms with Crippen molar-refractivity contribution in [1.29, 1.82) is 0 Å². The highest BCUT2D eigenvalue weighted by molar-refractivity contribution is 9.11. The topological polar surface area (TPSA) is 21.3 Å². The number of hydrogen-bond donors (Lipinski definition) is 1. The number of ether oxygens (including phenoxy) is 1. The molecule has 0 spiro atoms. The third-order valence-electron chi connectivity index (χ3n) is 6.72. The third-order valence-corrected chi connectivity index (χ3v) is 7.77. The summed E-state index contributed by atoms with van der Waals surface area (Å²) in [6.07, 6.45) is 8.50. The van der Waals surface area contributed by atoms with Gasteiger partial charge in [-0.05, 0) is 97.2 Å². The van der Waals surface area contributed by atoms with Crippen LogP contribution in [0.15, 0.2) is 21.1 Å². The summed E-state index contributed by atoms with van der Waals surface area (Å²) >= 11 is 7.35. The molecule has 0 saturated heterocycles. The van der Waals surface area contributed by atoms with E-state index in [0.29, 0.717) is 16.4 Å². The van der Waals surface area contributed by atoms with Crippen LogP contribution in [0.3, 0.4) is 0 Å². The summed E-state index contributed by atoms with van der Waals surface area (Å²) in [5.74, 6) is 1.90. The van der Waals surface area contributed by atoms with Crippen LogP contribution in [0.1, 0.15) is 71.8 Å². The van der Waals surface area contributed by atoms with E-state index in [0.717, 1.165) is 27.2 Å². The summed E-state index contributed by atoms with van der Waals surface area (Å²) in [5.41, 5.74) is 2.63. The first-order valence-corrected chi connectivity index (χ1v) is 11.6. The molecule has 0 aromatic heterocycles. The maximum atomic E-state index is 6.13. The standard InChI is InChI=1S/C22H31Br2NO/c1-14(2)26-19-16(5-17(23)6-18(19)24)10-25-22-9-15-7-20(3,12-22)11-21(4,8-15)13-22/h5-6,14-15,25H,7-13H2,1-4H3/t15?,20-,21+,22?. The average Bonchev–Trinajstić information content (AvgIpc) is 2.44. The van der Waals surface area contributed by atoms with Crippen molar-refractivity contribution >= 4 is 31.9 Å². The molecule has 4 heteroatoms. The van der Waals surface area contributed by atoms with Gasteiger partial charge >= 0.3 is 0 Å². The predicted octanol–water partition coefficient (Wildman–Crippen LogP) is 6.84. The normalized spacial score (nSPS) is 38.2. The predicted molar refractivity (Wildman–Crippen MR) is 115 cm³/mol. The van der Waals surface area contributed by atoms with Crippen molar-refractivity contribution in [2.45, 2.75) is 84.4 Å². The van der Waals surface area contributed by atoms with Crippen molar-refractivity contribution in [2.24, 2.45) is 16.7 Å². The second-order valence-electron chi connectivity index (χ2n) is 10.3. The molecule has 2 nitrogen and oxygen atoms in total. The van der Waals surface area contributed by atoms with E-state index in [1.807, 2.05) is 0 Å². The molecule has 0 heterocycles. The Morgan fingerprint density at radius 1 is 1.08 bits per heavy atom. The van der Waals surface area contributed by atoms with Crippen molar-refractivity contribution < 1.29 is 4.74 Å². The van der Waals surface area contributed by atoms with E-state index in [1.165, 1.54) is 44.1 Å². The Hall–Kier alpha value is -0.0600. The molecule has 4 saturated carbocycles. The Balaban J connectivity index is 1.58. The van der Waals surface area contributed by atoms with Gasteiger partial charge in [0.25, 0.3) is 0 Å². The number of hydrogen-bond acceptors (Lipinski definition) is 2. The Labute approximate surface area is 175 Å². The van der Waals surface area contributed by atoms with Crippen molar-refractivity contribution in [3.8, 4) is 5.75 Å². The third kappa shape index (κ3) is 3.63. The van der Waals surface area contributed by atoms with Gasteiger partial charge in [-0.15, -0.1) is 0 Å². The van der Waals surface area contributed by atoms with Crippen molar-refractivity contribution in [3.63, 3.8) is 0 Å². The Morgan fingerprint density at radius 2 is 1.73 bits per heavy atom. The summed E-state index contributed by atoms with van der Waals surface area (Å²) in [5, 5.41) is 4.04. The lowest BCUT2D eigenvalue weighted by molar-refractivity contribution is -0.118. The van der Waals surface area contributed by atoms with Crippen molar-refractivity contribution in [1.82, 2.24) is 5.32 Å². The minimum absolute atomic E-state index is 0.170. The van der Waals surface area contributed by atoms with E-state index in [4.69, 9.17) is 4.74 Å². The molecule has 0 radical (unpaired) electrons. The van der Waals surface area contributed by atoms with Crippen LogP contribution in [0.5, 0.6) is 5.75 Å². The fourth-order valence-corrected chi connectivity index (χ4v) is 8.45. The lowest BCUT2D eigenvalue weighted by atomic mass is 9.43. The van der Waals surface area contributed by atoms with E-state index >= 15 is 0 Å². The Bertz CT molecular complexity index is 698. The zero-order valence-corrected chi connectivity index (χ0v) is 19.6. The quantitative estimate of drug-likeness (QED) is 0.494. The molecule has 4 bridgehead atoms. The first-order chi connectivity index (χ1) is 12.1. The minimum atomic E-state index is 0.170. The first-order valence-electron chi connectivity index (χ1n) is 9.99. The van der Waals surface area contributed by atoms with Gasteiger partial charge in [-0.1, -0.05) is 29.8 Å². The molecule has 5 rings (SSSR count). The van der Waals surface area contributed by atoms with Crippen LogP contribution in [0.25, 0.3) is 0 Å². The number of halogens is 2. The van der Waals surface area contributed by atoms with Gasteiger partial charge in [-0.3, -0.25) is 0 Å². The second-order valence-corrected chi connectivity index (χ2v) is 12.1. The summed E-state index contributed by atoms with van der Waals surface area (Å²) < 4.78 is 8.26. The lowest BCUT2D eigenvalue weighted by Crippen LogP contribution is -2.63. The Morgan fingerprint density at radius 3 is 2.31 bits per heavy atom. The highest BCUT2D eigenvalue weighted by Crippen LogP contribution is 2.66. The van der Waals surface area contributed by atoms with E-state index in [1.54, 1.807) is 0 Å². The molecular formula is C22H31Br2NO. The molecular weight excluding hydrogens is 454 g/mol. The molecule has 1 aromatic rings. The largest absolute Gasteiger partial charge is 0.489 e. The number of rotatable bonds is 5. The lowest BCUT2D eigenvalue weighted by Gasteiger charge is -2.65. The molecule has 0 aliphatic heterocycles. The van der Waals surface area contributed by atoms with Crippen LogP contribution in [-0.4, -0.2) is 11.6 Å². The molecule has 1 aromatic carbocycles. The van der Waals surface area contributed by atoms with E-state index < -0.39 is 0 Å². The molecule has 4 fully saturated rings. The molecule has 4 atom stereocenters. The average molecular weight is 485 g/mol. The van der Waals surface area contributed by atoms with Gasteiger partial charge in [0.1, 0.15) is 5.75 Å². The van der Waals surface area contributed by atoms with Gasteiger partial charge in [0.05, 0.1) is 10.6 Å². The maximum absolute atomic E-state index is 6.13. The van der Waals surface area contributed by atoms with Crippen LogP contribution in [0, 0.1) is 16.7 Å². The Kier molecular flexibility index (Phi) is 4.81. The number of nitrogens with one attached hydrogen (secondary N) is 1. The van der Waals surface area contributed by atoms with Gasteiger partial charge in [0.2, 0.25) is 0 Å². The summed E-state index contributed by atoms with van der Waals surface area (Å²) in [7, 11) is 0. The fourth-order valence-electron chi connectivity index (χ4n) is 7.04. The van der Waals surface area contributed by atoms with E-state index in [-0.39, 0.29) is 6.10 Å². The van der Waals surface area contributed by atoms with Crippen molar-refractivity contribution in [2.75, 3.05) is 0 Å². The summed E-state index contributed by atoms with van der Waals surface area (Å²) in [6.45, 7) is 10.1. The molecule has 1 N–H and O–H groups in total. The highest BCUT2D eigenvalue weighted by Gasteiger charge is 2.59. The van der Waals surface area contributed by atoms with Gasteiger partial charge in [-0.2, -0.15) is 0 Å². The smallest absolute Gasteiger partial charge is 0.138 e. The van der Waals surface area contributed by atoms with Crippen LogP contribution in [-0.2, 0) is 6.54 Å². The molecule has 4 aliphatic carbocycles. The SMILES string of the molecule is CC(C)Oc1c(Br)cc(Br)cc1CNC12CC3C[C@@](C)(C1)C[C@](C)(C3)C2. The first kappa shape index (κ1) is 19.3. The molecule has 144 valence electrons.